The Hall–Kier alpha value is -0.790. The van der Waals surface area contributed by atoms with Gasteiger partial charge in [-0.25, -0.2) is 0 Å². The zero-order valence-corrected chi connectivity index (χ0v) is 26.4. The van der Waals surface area contributed by atoms with E-state index in [-0.39, 0.29) is 11.8 Å². The van der Waals surface area contributed by atoms with E-state index >= 15 is 0 Å². The summed E-state index contributed by atoms with van der Waals surface area (Å²) < 4.78 is 0. The lowest BCUT2D eigenvalue weighted by molar-refractivity contribution is -0.122. The van der Waals surface area contributed by atoms with Gasteiger partial charge >= 0.3 is 0 Å². The summed E-state index contributed by atoms with van der Waals surface area (Å²) in [5, 5.41) is 0. The minimum absolute atomic E-state index is 0.0626. The molecule has 0 rings (SSSR count). The molecule has 0 aromatic rings. The van der Waals surface area contributed by atoms with E-state index < -0.39 is 0 Å². The third-order valence-electron chi connectivity index (χ3n) is 8.37. The Morgan fingerprint density at radius 2 is 0.711 bits per heavy atom. The molecule has 0 aliphatic carbocycles. The maximum atomic E-state index is 11.9. The Bertz CT molecular complexity index is 486. The molecule has 0 radical (unpaired) electrons. The highest BCUT2D eigenvalue weighted by atomic mass is 16.1. The van der Waals surface area contributed by atoms with Gasteiger partial charge in [0.2, 0.25) is 5.91 Å². The van der Waals surface area contributed by atoms with E-state index in [0.717, 1.165) is 12.8 Å². The number of rotatable bonds is 32. The van der Waals surface area contributed by atoms with Crippen molar-refractivity contribution in [1.82, 2.24) is 0 Å². The first kappa shape index (κ1) is 37.2. The van der Waals surface area contributed by atoms with E-state index in [1.165, 1.54) is 180 Å². The van der Waals surface area contributed by atoms with Crippen LogP contribution in [0, 0.1) is 5.92 Å². The highest BCUT2D eigenvalue weighted by molar-refractivity contribution is 5.76. The summed E-state index contributed by atoms with van der Waals surface area (Å²) in [6, 6.07) is 0. The molecule has 0 bridgehead atoms. The number of allylic oxidation sites excluding steroid dienone is 2. The fourth-order valence-electron chi connectivity index (χ4n) is 5.65. The summed E-state index contributed by atoms with van der Waals surface area (Å²) in [4.78, 5) is 11.9. The maximum absolute atomic E-state index is 11.9. The minimum Gasteiger partial charge on any atom is -0.369 e. The molecular formula is C36H71NO. The Labute approximate surface area is 240 Å². The number of primary amides is 1. The summed E-state index contributed by atoms with van der Waals surface area (Å²) in [5.41, 5.74) is 5.71. The van der Waals surface area contributed by atoms with E-state index in [4.69, 9.17) is 5.73 Å². The molecule has 1 unspecified atom stereocenters. The summed E-state index contributed by atoms with van der Waals surface area (Å²) in [6.45, 7) is 4.57. The van der Waals surface area contributed by atoms with E-state index in [9.17, 15) is 4.79 Å². The van der Waals surface area contributed by atoms with Crippen molar-refractivity contribution in [3.8, 4) is 0 Å². The van der Waals surface area contributed by atoms with Gasteiger partial charge in [-0.05, 0) is 38.5 Å². The van der Waals surface area contributed by atoms with Gasteiger partial charge in [0, 0.05) is 5.92 Å². The van der Waals surface area contributed by atoms with Crippen LogP contribution in [0.1, 0.15) is 206 Å². The van der Waals surface area contributed by atoms with Crippen LogP contribution in [0.4, 0.5) is 0 Å². The number of nitrogens with two attached hydrogens (primary N) is 1. The van der Waals surface area contributed by atoms with Crippen molar-refractivity contribution in [2.75, 3.05) is 0 Å². The van der Waals surface area contributed by atoms with Crippen molar-refractivity contribution in [2.45, 2.75) is 206 Å². The molecule has 2 heteroatoms. The van der Waals surface area contributed by atoms with Crippen LogP contribution in [-0.4, -0.2) is 5.91 Å². The van der Waals surface area contributed by atoms with E-state index in [0.29, 0.717) is 0 Å². The maximum Gasteiger partial charge on any atom is 0.220 e. The van der Waals surface area contributed by atoms with Crippen LogP contribution in [-0.2, 0) is 4.79 Å². The second kappa shape index (κ2) is 32.4. The summed E-state index contributed by atoms with van der Waals surface area (Å²) in [6.07, 6.45) is 44.8. The van der Waals surface area contributed by atoms with Crippen LogP contribution in [0.5, 0.6) is 0 Å². The number of hydrogen-bond donors (Lipinski definition) is 1. The second-order valence-corrected chi connectivity index (χ2v) is 12.2. The molecule has 2 nitrogen and oxygen atoms in total. The van der Waals surface area contributed by atoms with Gasteiger partial charge < -0.3 is 5.73 Å². The zero-order chi connectivity index (χ0) is 27.8. The second-order valence-electron chi connectivity index (χ2n) is 12.2. The van der Waals surface area contributed by atoms with Crippen LogP contribution in [0.15, 0.2) is 12.2 Å². The highest BCUT2D eigenvalue weighted by Gasteiger charge is 2.14. The monoisotopic (exact) mass is 534 g/mol. The van der Waals surface area contributed by atoms with Gasteiger partial charge in [0.1, 0.15) is 0 Å². The standard InChI is InChI=1S/C36H71NO/c1-3-5-7-9-11-13-15-17-19-20-22-24-26-28-30-32-34-35(36(37)38)33-31-29-27-25-23-21-18-16-14-12-10-8-6-4-2/h17,19,35H,3-16,18,20-34H2,1-2H3,(H2,37,38). The molecular weight excluding hydrogens is 462 g/mol. The van der Waals surface area contributed by atoms with Crippen molar-refractivity contribution < 1.29 is 4.79 Å². The molecule has 1 amide bonds. The number of amides is 1. The van der Waals surface area contributed by atoms with Gasteiger partial charge in [0.15, 0.2) is 0 Å². The lowest BCUT2D eigenvalue weighted by Gasteiger charge is -2.13. The normalized spacial score (nSPS) is 12.5. The molecule has 0 saturated carbocycles. The molecule has 0 spiro atoms. The van der Waals surface area contributed by atoms with Gasteiger partial charge in [-0.1, -0.05) is 180 Å². The smallest absolute Gasteiger partial charge is 0.220 e. The van der Waals surface area contributed by atoms with Crippen LogP contribution in [0.3, 0.4) is 0 Å². The lowest BCUT2D eigenvalue weighted by atomic mass is 9.93. The Balaban J connectivity index is 3.43. The van der Waals surface area contributed by atoms with Gasteiger partial charge in [-0.15, -0.1) is 0 Å². The van der Waals surface area contributed by atoms with Crippen molar-refractivity contribution in [2.24, 2.45) is 11.7 Å². The van der Waals surface area contributed by atoms with Gasteiger partial charge in [0.05, 0.1) is 0 Å². The largest absolute Gasteiger partial charge is 0.369 e. The first-order valence-corrected chi connectivity index (χ1v) is 17.7. The average Bonchev–Trinajstić information content (AvgIpc) is 2.91. The first-order valence-electron chi connectivity index (χ1n) is 17.7. The number of unbranched alkanes of at least 4 members (excludes halogenated alkanes) is 25. The highest BCUT2D eigenvalue weighted by Crippen LogP contribution is 2.20. The van der Waals surface area contributed by atoms with Crippen LogP contribution >= 0.6 is 0 Å². The molecule has 0 fully saturated rings. The first-order chi connectivity index (χ1) is 18.7. The third kappa shape index (κ3) is 29.8. The summed E-state index contributed by atoms with van der Waals surface area (Å²) >= 11 is 0. The molecule has 38 heavy (non-hydrogen) atoms. The van der Waals surface area contributed by atoms with Crippen LogP contribution < -0.4 is 5.73 Å². The Morgan fingerprint density at radius 3 is 1.00 bits per heavy atom. The zero-order valence-electron chi connectivity index (χ0n) is 26.4. The predicted molar refractivity (Wildman–Crippen MR) is 172 cm³/mol. The Kier molecular flexibility index (Phi) is 31.7. The van der Waals surface area contributed by atoms with E-state index in [2.05, 4.69) is 26.0 Å². The SMILES string of the molecule is CCCCCCCCC=CCCCCCCCCC(CCCCCCCCCCCCCCCC)C(N)=O. The van der Waals surface area contributed by atoms with E-state index in [1.807, 2.05) is 0 Å². The topological polar surface area (TPSA) is 43.1 Å². The summed E-state index contributed by atoms with van der Waals surface area (Å²) in [7, 11) is 0. The van der Waals surface area contributed by atoms with Crippen molar-refractivity contribution in [3.63, 3.8) is 0 Å². The van der Waals surface area contributed by atoms with Crippen molar-refractivity contribution in [1.29, 1.82) is 0 Å². The fraction of sp³-hybridized carbons (Fsp3) is 0.917. The molecule has 226 valence electrons. The quantitative estimate of drug-likeness (QED) is 0.0678. The molecule has 0 aliphatic rings. The average molecular weight is 534 g/mol. The molecule has 0 heterocycles. The lowest BCUT2D eigenvalue weighted by Crippen LogP contribution is -2.23. The van der Waals surface area contributed by atoms with Crippen molar-refractivity contribution in [3.05, 3.63) is 12.2 Å². The molecule has 0 saturated heterocycles. The number of carbonyl (C=O) groups excluding carboxylic acids is 1. The molecule has 1 atom stereocenters. The van der Waals surface area contributed by atoms with Gasteiger partial charge in [0.25, 0.3) is 0 Å². The fourth-order valence-corrected chi connectivity index (χ4v) is 5.65. The minimum atomic E-state index is -0.0626. The Morgan fingerprint density at radius 1 is 0.447 bits per heavy atom. The van der Waals surface area contributed by atoms with Crippen LogP contribution in [0.2, 0.25) is 0 Å². The number of hydrogen-bond acceptors (Lipinski definition) is 1. The third-order valence-corrected chi connectivity index (χ3v) is 8.37. The molecule has 0 aromatic carbocycles. The summed E-state index contributed by atoms with van der Waals surface area (Å²) in [5.74, 6) is 0.0524. The van der Waals surface area contributed by atoms with Gasteiger partial charge in [-0.2, -0.15) is 0 Å². The predicted octanol–water partition coefficient (Wildman–Crippen LogP) is 12.4. The number of carbonyl (C=O) groups is 1. The molecule has 0 aliphatic heterocycles. The van der Waals surface area contributed by atoms with Crippen molar-refractivity contribution >= 4 is 5.91 Å². The molecule has 2 N–H and O–H groups in total. The van der Waals surface area contributed by atoms with E-state index in [1.54, 1.807) is 0 Å². The van der Waals surface area contributed by atoms with Crippen LogP contribution in [0.25, 0.3) is 0 Å². The molecule has 0 aromatic heterocycles. The van der Waals surface area contributed by atoms with Gasteiger partial charge in [-0.3, -0.25) is 4.79 Å².